The Bertz CT molecular complexity index is 1450. The number of aromatic nitrogens is 2. The fraction of sp³-hybridized carbons (Fsp3) is 0.0833. The lowest BCUT2D eigenvalue weighted by Crippen LogP contribution is -2.22. The van der Waals surface area contributed by atoms with Gasteiger partial charge in [0.1, 0.15) is 5.82 Å². The van der Waals surface area contributed by atoms with Crippen LogP contribution in [0.4, 0.5) is 5.69 Å². The predicted octanol–water partition coefficient (Wildman–Crippen LogP) is 5.09. The second kappa shape index (κ2) is 9.41. The molecule has 1 heterocycles. The number of rotatable bonds is 6. The van der Waals surface area contributed by atoms with Crippen LogP contribution in [0.3, 0.4) is 0 Å². The van der Waals surface area contributed by atoms with Crippen LogP contribution in [-0.4, -0.2) is 28.7 Å². The zero-order valence-corrected chi connectivity index (χ0v) is 19.8. The highest BCUT2D eigenvalue weighted by molar-refractivity contribution is 14.1. The summed E-state index contributed by atoms with van der Waals surface area (Å²) in [5.41, 5.74) is 1.54. The third-order valence-electron chi connectivity index (χ3n) is 5.01. The minimum Gasteiger partial charge on any atom is -0.493 e. The molecule has 0 N–H and O–H groups in total. The molecule has 0 aliphatic carbocycles. The molecule has 0 aliphatic rings. The summed E-state index contributed by atoms with van der Waals surface area (Å²) in [6.45, 7) is 0. The molecule has 3 aromatic carbocycles. The minimum atomic E-state index is -0.481. The van der Waals surface area contributed by atoms with E-state index in [2.05, 4.69) is 27.6 Å². The molecule has 0 radical (unpaired) electrons. The maximum absolute atomic E-state index is 13.4. The van der Waals surface area contributed by atoms with Crippen LogP contribution in [0, 0.1) is 13.7 Å². The van der Waals surface area contributed by atoms with E-state index in [0.29, 0.717) is 33.9 Å². The lowest BCUT2D eigenvalue weighted by atomic mass is 10.1. The van der Waals surface area contributed by atoms with Crippen molar-refractivity contribution in [1.82, 2.24) is 9.55 Å². The van der Waals surface area contributed by atoms with Crippen molar-refractivity contribution >= 4 is 51.3 Å². The number of methoxy groups -OCH3 is 2. The maximum Gasteiger partial charge on any atom is 0.269 e. The van der Waals surface area contributed by atoms with E-state index in [4.69, 9.17) is 9.47 Å². The maximum atomic E-state index is 13.4. The molecule has 33 heavy (non-hydrogen) atoms. The summed E-state index contributed by atoms with van der Waals surface area (Å²) in [6, 6.07) is 16.7. The van der Waals surface area contributed by atoms with Crippen LogP contribution < -0.4 is 15.0 Å². The summed E-state index contributed by atoms with van der Waals surface area (Å²) < 4.78 is 13.0. The summed E-state index contributed by atoms with van der Waals surface area (Å²) in [5, 5.41) is 11.5. The van der Waals surface area contributed by atoms with E-state index in [9.17, 15) is 14.9 Å². The Balaban J connectivity index is 1.88. The molecule has 8 nitrogen and oxygen atoms in total. The van der Waals surface area contributed by atoms with E-state index >= 15 is 0 Å². The molecule has 0 bridgehead atoms. The van der Waals surface area contributed by atoms with Gasteiger partial charge in [-0.05, 0) is 76.7 Å². The van der Waals surface area contributed by atoms with Gasteiger partial charge in [0.05, 0.1) is 35.7 Å². The fourth-order valence-electron chi connectivity index (χ4n) is 3.39. The first-order valence-electron chi connectivity index (χ1n) is 9.78. The van der Waals surface area contributed by atoms with Crippen molar-refractivity contribution in [2.24, 2.45) is 0 Å². The number of nitrogens with zero attached hydrogens (tertiary/aromatic N) is 3. The molecule has 0 aliphatic heterocycles. The number of ether oxygens (including phenoxy) is 2. The summed E-state index contributed by atoms with van der Waals surface area (Å²) in [7, 11) is 3.13. The smallest absolute Gasteiger partial charge is 0.269 e. The van der Waals surface area contributed by atoms with Gasteiger partial charge in [-0.3, -0.25) is 19.5 Å². The highest BCUT2D eigenvalue weighted by atomic mass is 127. The van der Waals surface area contributed by atoms with Gasteiger partial charge in [0.2, 0.25) is 0 Å². The van der Waals surface area contributed by atoms with Crippen LogP contribution in [0.25, 0.3) is 28.7 Å². The van der Waals surface area contributed by atoms with Gasteiger partial charge in [-0.2, -0.15) is 0 Å². The van der Waals surface area contributed by atoms with E-state index in [1.54, 1.807) is 38.5 Å². The van der Waals surface area contributed by atoms with Gasteiger partial charge in [0.25, 0.3) is 11.2 Å². The highest BCUT2D eigenvalue weighted by Gasteiger charge is 2.13. The molecular formula is C24H18IN3O5. The van der Waals surface area contributed by atoms with Gasteiger partial charge < -0.3 is 9.47 Å². The van der Waals surface area contributed by atoms with E-state index in [1.165, 1.54) is 28.8 Å². The molecule has 1 aromatic heterocycles. The van der Waals surface area contributed by atoms with Crippen molar-refractivity contribution in [2.75, 3.05) is 14.2 Å². The molecule has 4 aromatic rings. The number of hydrogen-bond donors (Lipinski definition) is 0. The first-order chi connectivity index (χ1) is 15.9. The quantitative estimate of drug-likeness (QED) is 0.187. The zero-order valence-electron chi connectivity index (χ0n) is 17.7. The lowest BCUT2D eigenvalue weighted by molar-refractivity contribution is -0.384. The number of halogens is 1. The molecule has 0 saturated heterocycles. The number of benzene rings is 3. The SMILES string of the molecule is COc1ccc(/C=C/c2nc3ccc(I)cc3c(=O)n2-c2ccc([N+](=O)[O-])cc2)cc1OC. The molecule has 9 heteroatoms. The standard InChI is InChI=1S/C24H18IN3O5/c1-32-21-11-3-15(13-22(21)33-2)4-12-23-26-20-10-5-16(25)14-19(20)24(29)27(23)17-6-8-18(9-7-17)28(30)31/h3-14H,1-2H3/b12-4+. The number of nitro groups is 1. The molecule has 0 atom stereocenters. The first kappa shape index (κ1) is 22.5. The third kappa shape index (κ3) is 4.58. The van der Waals surface area contributed by atoms with Crippen molar-refractivity contribution in [3.8, 4) is 17.2 Å². The van der Waals surface area contributed by atoms with E-state index in [-0.39, 0.29) is 11.2 Å². The van der Waals surface area contributed by atoms with Crippen molar-refractivity contribution < 1.29 is 14.4 Å². The average molecular weight is 555 g/mol. The van der Waals surface area contributed by atoms with Gasteiger partial charge >= 0.3 is 0 Å². The normalized spacial score (nSPS) is 11.1. The van der Waals surface area contributed by atoms with E-state index < -0.39 is 4.92 Å². The van der Waals surface area contributed by atoms with Crippen LogP contribution in [-0.2, 0) is 0 Å². The van der Waals surface area contributed by atoms with Crippen molar-refractivity contribution in [2.45, 2.75) is 0 Å². The Morgan fingerprint density at radius 3 is 2.36 bits per heavy atom. The number of fused-ring (bicyclic) bond motifs is 1. The van der Waals surface area contributed by atoms with Gasteiger partial charge in [-0.25, -0.2) is 4.98 Å². The van der Waals surface area contributed by atoms with Crippen LogP contribution in [0.1, 0.15) is 11.4 Å². The zero-order chi connectivity index (χ0) is 23.5. The molecule has 0 amide bonds. The molecule has 0 unspecified atom stereocenters. The largest absolute Gasteiger partial charge is 0.493 e. The molecule has 0 fully saturated rings. The van der Waals surface area contributed by atoms with E-state index in [1.807, 2.05) is 24.3 Å². The summed E-state index contributed by atoms with van der Waals surface area (Å²) in [6.07, 6.45) is 3.53. The summed E-state index contributed by atoms with van der Waals surface area (Å²) in [4.78, 5) is 28.7. The predicted molar refractivity (Wildman–Crippen MR) is 135 cm³/mol. The van der Waals surface area contributed by atoms with Crippen molar-refractivity contribution in [3.05, 3.63) is 96.1 Å². The Morgan fingerprint density at radius 2 is 1.70 bits per heavy atom. The first-order valence-corrected chi connectivity index (χ1v) is 10.9. The van der Waals surface area contributed by atoms with Crippen molar-refractivity contribution in [1.29, 1.82) is 0 Å². The second-order valence-corrected chi connectivity index (χ2v) is 8.24. The van der Waals surface area contributed by atoms with Crippen LogP contribution in [0.2, 0.25) is 0 Å². The Kier molecular flexibility index (Phi) is 6.40. The monoisotopic (exact) mass is 555 g/mol. The van der Waals surface area contributed by atoms with Gasteiger partial charge in [0.15, 0.2) is 11.5 Å². The third-order valence-corrected chi connectivity index (χ3v) is 5.68. The van der Waals surface area contributed by atoms with Gasteiger partial charge in [0, 0.05) is 15.7 Å². The van der Waals surface area contributed by atoms with Crippen LogP contribution in [0.15, 0.2) is 65.5 Å². The van der Waals surface area contributed by atoms with Crippen LogP contribution in [0.5, 0.6) is 11.5 Å². The Morgan fingerprint density at radius 1 is 0.970 bits per heavy atom. The van der Waals surface area contributed by atoms with Crippen molar-refractivity contribution in [3.63, 3.8) is 0 Å². The minimum absolute atomic E-state index is 0.0579. The van der Waals surface area contributed by atoms with Gasteiger partial charge in [-0.15, -0.1) is 0 Å². The van der Waals surface area contributed by atoms with Crippen LogP contribution >= 0.6 is 22.6 Å². The summed E-state index contributed by atoms with van der Waals surface area (Å²) >= 11 is 2.14. The topological polar surface area (TPSA) is 96.5 Å². The Hall–Kier alpha value is -3.73. The number of non-ortho nitro benzene ring substituents is 1. The lowest BCUT2D eigenvalue weighted by Gasteiger charge is -2.12. The average Bonchev–Trinajstić information content (AvgIpc) is 2.83. The van der Waals surface area contributed by atoms with Gasteiger partial charge in [-0.1, -0.05) is 12.1 Å². The number of hydrogen-bond acceptors (Lipinski definition) is 6. The molecule has 0 saturated carbocycles. The Labute approximate surface area is 202 Å². The molecule has 4 rings (SSSR count). The highest BCUT2D eigenvalue weighted by Crippen LogP contribution is 2.28. The molecule has 0 spiro atoms. The number of nitro benzene ring substituents is 1. The summed E-state index contributed by atoms with van der Waals surface area (Å²) in [5.74, 6) is 1.57. The second-order valence-electron chi connectivity index (χ2n) is 6.99. The molecular weight excluding hydrogens is 537 g/mol. The fourth-order valence-corrected chi connectivity index (χ4v) is 3.88. The van der Waals surface area contributed by atoms with E-state index in [0.717, 1.165) is 9.13 Å². The molecule has 166 valence electrons.